The largest absolute Gasteiger partial charge is 0.480 e. The molecule has 184 valence electrons. The molecule has 5 rings (SSSR count). The van der Waals surface area contributed by atoms with Crippen molar-refractivity contribution >= 4 is 52.2 Å². The molecule has 1 saturated carbocycles. The van der Waals surface area contributed by atoms with Crippen LogP contribution in [0.1, 0.15) is 27.9 Å². The van der Waals surface area contributed by atoms with Gasteiger partial charge in [0.2, 0.25) is 0 Å². The molecule has 3 aromatic carbocycles. The summed E-state index contributed by atoms with van der Waals surface area (Å²) in [4.78, 5) is 38.4. The molecule has 6 nitrogen and oxygen atoms in total. The number of fused-ring (bicyclic) bond motifs is 2. The van der Waals surface area contributed by atoms with E-state index >= 15 is 0 Å². The number of nitrogens with one attached hydrogen (secondary N) is 1. The Morgan fingerprint density at radius 3 is 2.25 bits per heavy atom. The van der Waals surface area contributed by atoms with Crippen LogP contribution in [-0.2, 0) is 21.4 Å². The molecule has 2 N–H and O–H groups in total. The number of amides is 1. The Balaban J connectivity index is 1.36. The number of halogens is 4. The number of carboxylic acid groups (broad SMARTS) is 1. The van der Waals surface area contributed by atoms with Gasteiger partial charge in [0.1, 0.15) is 11.8 Å². The molecular formula is C26H18Cl2F2N2O4. The van der Waals surface area contributed by atoms with Crippen molar-refractivity contribution in [2.75, 3.05) is 11.4 Å². The summed E-state index contributed by atoms with van der Waals surface area (Å²) in [5.41, 5.74) is 1.32. The molecule has 0 saturated heterocycles. The lowest BCUT2D eigenvalue weighted by atomic mass is 9.98. The zero-order valence-electron chi connectivity index (χ0n) is 18.5. The summed E-state index contributed by atoms with van der Waals surface area (Å²) >= 11 is 12.1. The molecular weight excluding hydrogens is 513 g/mol. The Morgan fingerprint density at radius 2 is 1.67 bits per heavy atom. The second-order valence-corrected chi connectivity index (χ2v) is 9.70. The number of anilines is 2. The normalized spacial score (nSPS) is 18.8. The molecule has 2 aliphatic rings. The third-order valence-corrected chi connectivity index (χ3v) is 7.26. The second-order valence-electron chi connectivity index (χ2n) is 8.88. The lowest BCUT2D eigenvalue weighted by molar-refractivity contribution is -0.139. The van der Waals surface area contributed by atoms with E-state index < -0.39 is 35.0 Å². The van der Waals surface area contributed by atoms with Crippen LogP contribution in [0.5, 0.6) is 0 Å². The van der Waals surface area contributed by atoms with E-state index in [0.29, 0.717) is 22.5 Å². The van der Waals surface area contributed by atoms with Crippen molar-refractivity contribution in [2.24, 2.45) is 0 Å². The van der Waals surface area contributed by atoms with E-state index in [0.717, 1.165) is 12.1 Å². The Labute approximate surface area is 214 Å². The van der Waals surface area contributed by atoms with E-state index in [4.69, 9.17) is 23.2 Å². The Morgan fingerprint density at radius 1 is 1.06 bits per heavy atom. The molecule has 3 aromatic rings. The molecule has 0 aromatic heterocycles. The van der Waals surface area contributed by atoms with Crippen LogP contribution in [0.4, 0.5) is 20.2 Å². The van der Waals surface area contributed by atoms with Crippen LogP contribution in [0.15, 0.2) is 54.6 Å². The van der Waals surface area contributed by atoms with E-state index in [1.165, 1.54) is 12.1 Å². The standard InChI is InChI=1S/C26H18Cl2F2N2O4/c27-16-2-1-3-17(28)23(16)24(34)31-20(25(35)36)8-13-4-6-14(7-5-13)32-12-26(11-22(26)33)15-9-18(29)19(30)10-21(15)32/h1-7,9-10,20H,8,11-12H2,(H,31,34)(H,35,36). The molecule has 1 aliphatic carbocycles. The third-order valence-electron chi connectivity index (χ3n) is 6.63. The highest BCUT2D eigenvalue weighted by atomic mass is 35.5. The quantitative estimate of drug-likeness (QED) is 0.465. The molecule has 1 fully saturated rings. The number of carbonyl (C=O) groups excluding carboxylic acids is 2. The Kier molecular flexibility index (Phi) is 5.97. The van der Waals surface area contributed by atoms with Gasteiger partial charge >= 0.3 is 5.97 Å². The lowest BCUT2D eigenvalue weighted by Crippen LogP contribution is -2.42. The number of hydrogen-bond acceptors (Lipinski definition) is 4. The molecule has 1 heterocycles. The number of hydrogen-bond donors (Lipinski definition) is 2. The van der Waals surface area contributed by atoms with Crippen molar-refractivity contribution < 1.29 is 28.3 Å². The number of aliphatic carboxylic acids is 1. The summed E-state index contributed by atoms with van der Waals surface area (Å²) < 4.78 is 27.9. The van der Waals surface area contributed by atoms with Gasteiger partial charge in [0.25, 0.3) is 5.91 Å². The Bertz CT molecular complexity index is 1410. The fraction of sp³-hybridized carbons (Fsp3) is 0.192. The van der Waals surface area contributed by atoms with Gasteiger partial charge in [-0.1, -0.05) is 41.4 Å². The number of Topliss-reactive ketones (excluding diaryl/α,β-unsaturated/α-hetero) is 1. The maximum atomic E-state index is 14.0. The predicted octanol–water partition coefficient (Wildman–Crippen LogP) is 5.06. The summed E-state index contributed by atoms with van der Waals surface area (Å²) in [5.74, 6) is -3.97. The molecule has 10 heteroatoms. The van der Waals surface area contributed by atoms with Gasteiger partial charge in [-0.3, -0.25) is 9.59 Å². The zero-order valence-corrected chi connectivity index (χ0v) is 20.0. The van der Waals surface area contributed by atoms with Crippen molar-refractivity contribution in [1.29, 1.82) is 0 Å². The van der Waals surface area contributed by atoms with E-state index in [2.05, 4.69) is 5.32 Å². The average Bonchev–Trinajstić information content (AvgIpc) is 3.38. The van der Waals surface area contributed by atoms with E-state index in [-0.39, 0.29) is 40.8 Å². The number of rotatable bonds is 6. The predicted molar refractivity (Wildman–Crippen MR) is 130 cm³/mol. The van der Waals surface area contributed by atoms with Crippen LogP contribution < -0.4 is 10.2 Å². The zero-order chi connectivity index (χ0) is 25.8. The first kappa shape index (κ1) is 24.2. The van der Waals surface area contributed by atoms with Crippen molar-refractivity contribution in [3.8, 4) is 0 Å². The lowest BCUT2D eigenvalue weighted by Gasteiger charge is -2.21. The fourth-order valence-corrected chi connectivity index (χ4v) is 5.19. The molecule has 0 radical (unpaired) electrons. The highest BCUT2D eigenvalue weighted by molar-refractivity contribution is 6.39. The first-order chi connectivity index (χ1) is 17.1. The molecule has 1 amide bonds. The molecule has 1 spiro atoms. The number of benzene rings is 3. The first-order valence-corrected chi connectivity index (χ1v) is 11.7. The minimum Gasteiger partial charge on any atom is -0.480 e. The van der Waals surface area contributed by atoms with Gasteiger partial charge in [0.05, 0.1) is 21.0 Å². The summed E-state index contributed by atoms with van der Waals surface area (Å²) in [6.45, 7) is 0.274. The fourth-order valence-electron chi connectivity index (χ4n) is 4.63. The number of carbonyl (C=O) groups is 3. The van der Waals surface area contributed by atoms with Crippen LogP contribution >= 0.6 is 23.2 Å². The number of nitrogens with zero attached hydrogens (tertiary/aromatic N) is 1. The van der Waals surface area contributed by atoms with Gasteiger partial charge in [0, 0.05) is 36.8 Å². The highest BCUT2D eigenvalue weighted by Gasteiger charge is 2.61. The van der Waals surface area contributed by atoms with E-state index in [9.17, 15) is 28.3 Å². The maximum Gasteiger partial charge on any atom is 0.326 e. The first-order valence-electron chi connectivity index (χ1n) is 11.0. The summed E-state index contributed by atoms with van der Waals surface area (Å²) in [6.07, 6.45) is 0.247. The third kappa shape index (κ3) is 4.10. The van der Waals surface area contributed by atoms with Crippen LogP contribution in [0, 0.1) is 11.6 Å². The number of ketones is 1. The Hall–Kier alpha value is -3.49. The minimum absolute atomic E-state index is 0.0117. The summed E-state index contributed by atoms with van der Waals surface area (Å²) in [5, 5.41) is 12.3. The van der Waals surface area contributed by atoms with Gasteiger partial charge in [-0.15, -0.1) is 0 Å². The average molecular weight is 531 g/mol. The van der Waals surface area contributed by atoms with Crippen LogP contribution in [0.3, 0.4) is 0 Å². The van der Waals surface area contributed by atoms with E-state index in [1.54, 1.807) is 35.2 Å². The van der Waals surface area contributed by atoms with Gasteiger partial charge in [-0.25, -0.2) is 13.6 Å². The topological polar surface area (TPSA) is 86.7 Å². The van der Waals surface area contributed by atoms with Gasteiger partial charge in [0.15, 0.2) is 11.6 Å². The summed E-state index contributed by atoms with van der Waals surface area (Å²) in [7, 11) is 0. The minimum atomic E-state index is -1.26. The van der Waals surface area contributed by atoms with E-state index in [1.807, 2.05) is 0 Å². The van der Waals surface area contributed by atoms with Crippen LogP contribution in [0.25, 0.3) is 0 Å². The van der Waals surface area contributed by atoms with Crippen LogP contribution in [0.2, 0.25) is 10.0 Å². The van der Waals surface area contributed by atoms with Crippen LogP contribution in [-0.4, -0.2) is 35.4 Å². The SMILES string of the molecule is O=C(NC(Cc1ccc(N2CC3(CC3=O)c3cc(F)c(F)cc32)cc1)C(=O)O)c1c(Cl)cccc1Cl. The summed E-state index contributed by atoms with van der Waals surface area (Å²) in [6, 6.07) is 12.2. The van der Waals surface area contributed by atoms with Gasteiger partial charge < -0.3 is 15.3 Å². The van der Waals surface area contributed by atoms with Crippen molar-refractivity contribution in [3.05, 3.63) is 93.0 Å². The molecule has 1 aliphatic heterocycles. The van der Waals surface area contributed by atoms with Crippen molar-refractivity contribution in [2.45, 2.75) is 24.3 Å². The smallest absolute Gasteiger partial charge is 0.326 e. The molecule has 36 heavy (non-hydrogen) atoms. The molecule has 2 atom stereocenters. The van der Waals surface area contributed by atoms with Crippen molar-refractivity contribution in [1.82, 2.24) is 5.32 Å². The van der Waals surface area contributed by atoms with Crippen molar-refractivity contribution in [3.63, 3.8) is 0 Å². The van der Waals surface area contributed by atoms with Gasteiger partial charge in [-0.2, -0.15) is 0 Å². The van der Waals surface area contributed by atoms with Gasteiger partial charge in [-0.05, 0) is 41.5 Å². The highest BCUT2D eigenvalue weighted by Crippen LogP contribution is 2.55. The number of carboxylic acids is 1. The molecule has 0 bridgehead atoms. The second kappa shape index (κ2) is 8.87. The maximum absolute atomic E-state index is 14.0. The molecule has 2 unspecified atom stereocenters. The monoisotopic (exact) mass is 530 g/mol.